The number of aromatic nitrogens is 2. The fourth-order valence-electron chi connectivity index (χ4n) is 1.36. The minimum Gasteiger partial charge on any atom is -0.264 e. The molecule has 2 aromatic heterocycles. The summed E-state index contributed by atoms with van der Waals surface area (Å²) < 4.78 is 0. The summed E-state index contributed by atoms with van der Waals surface area (Å²) in [5.74, 6) is 0. The first-order valence-corrected chi connectivity index (χ1v) is 5.36. The highest BCUT2D eigenvalue weighted by Gasteiger charge is 2.08. The minimum absolute atomic E-state index is 0.381. The molecule has 0 aromatic carbocycles. The molecule has 0 bridgehead atoms. The molecule has 0 fully saturated rings. The van der Waals surface area contributed by atoms with Gasteiger partial charge in [-0.05, 0) is 13.0 Å². The van der Waals surface area contributed by atoms with Gasteiger partial charge in [0.15, 0.2) is 0 Å². The second-order valence-corrected chi connectivity index (χ2v) is 4.18. The first-order valence-electron chi connectivity index (χ1n) is 4.55. The van der Waals surface area contributed by atoms with Gasteiger partial charge in [-0.25, -0.2) is 4.98 Å². The van der Waals surface area contributed by atoms with Crippen LogP contribution in [0.4, 0.5) is 0 Å². The third-order valence-corrected chi connectivity index (χ3v) is 3.20. The van der Waals surface area contributed by atoms with E-state index in [1.165, 1.54) is 0 Å². The number of hydrogen-bond donors (Lipinski definition) is 0. The van der Waals surface area contributed by atoms with Crippen molar-refractivity contribution in [2.24, 2.45) is 0 Å². The molecule has 0 aliphatic rings. The molecule has 74 valence electrons. The van der Waals surface area contributed by atoms with E-state index in [0.717, 1.165) is 21.1 Å². The van der Waals surface area contributed by atoms with Crippen molar-refractivity contribution in [3.05, 3.63) is 35.2 Å². The normalized spacial score (nSPS) is 9.87. The molecule has 0 radical (unpaired) electrons. The average Bonchev–Trinajstić information content (AvgIpc) is 2.61. The lowest BCUT2D eigenvalue weighted by Crippen LogP contribution is -1.80. The van der Waals surface area contributed by atoms with Gasteiger partial charge in [0.1, 0.15) is 5.01 Å². The quantitative estimate of drug-likeness (QED) is 0.773. The third kappa shape index (κ3) is 2.03. The second-order valence-electron chi connectivity index (χ2n) is 3.10. The number of nitriles is 1. The smallest absolute Gasteiger partial charge is 0.108 e. The van der Waals surface area contributed by atoms with Crippen molar-refractivity contribution in [3.63, 3.8) is 0 Å². The van der Waals surface area contributed by atoms with Gasteiger partial charge in [-0.15, -0.1) is 11.3 Å². The van der Waals surface area contributed by atoms with Crippen molar-refractivity contribution in [1.29, 1.82) is 5.26 Å². The number of aryl methyl sites for hydroxylation is 1. The number of hydrogen-bond acceptors (Lipinski definition) is 4. The number of rotatable bonds is 2. The Morgan fingerprint density at radius 2 is 2.40 bits per heavy atom. The van der Waals surface area contributed by atoms with E-state index in [-0.39, 0.29) is 0 Å². The van der Waals surface area contributed by atoms with Crippen LogP contribution in [0, 0.1) is 18.3 Å². The van der Waals surface area contributed by atoms with Crippen LogP contribution in [0.2, 0.25) is 0 Å². The van der Waals surface area contributed by atoms with E-state index in [1.807, 2.05) is 25.3 Å². The zero-order valence-corrected chi connectivity index (χ0v) is 9.08. The summed E-state index contributed by atoms with van der Waals surface area (Å²) in [6, 6.07) is 6.01. The molecule has 0 amide bonds. The van der Waals surface area contributed by atoms with E-state index in [4.69, 9.17) is 5.26 Å². The number of pyridine rings is 1. The SMILES string of the molecule is Cc1nc(CC#N)sc1-c1cccnc1. The summed E-state index contributed by atoms with van der Waals surface area (Å²) in [4.78, 5) is 9.52. The molecule has 15 heavy (non-hydrogen) atoms. The highest BCUT2D eigenvalue weighted by atomic mass is 32.1. The molecule has 0 saturated carbocycles. The molecule has 2 rings (SSSR count). The van der Waals surface area contributed by atoms with Gasteiger partial charge in [-0.3, -0.25) is 4.98 Å². The Kier molecular flexibility index (Phi) is 2.75. The molecular formula is C11H9N3S. The molecular weight excluding hydrogens is 206 g/mol. The van der Waals surface area contributed by atoms with Gasteiger partial charge in [0.2, 0.25) is 0 Å². The Morgan fingerprint density at radius 1 is 1.53 bits per heavy atom. The molecule has 0 saturated heterocycles. The van der Waals surface area contributed by atoms with Gasteiger partial charge in [-0.2, -0.15) is 5.26 Å². The third-order valence-electron chi connectivity index (χ3n) is 1.99. The first kappa shape index (κ1) is 9.81. The van der Waals surface area contributed by atoms with Crippen molar-refractivity contribution in [2.45, 2.75) is 13.3 Å². The van der Waals surface area contributed by atoms with Crippen molar-refractivity contribution >= 4 is 11.3 Å². The van der Waals surface area contributed by atoms with Crippen LogP contribution in [0.1, 0.15) is 10.7 Å². The van der Waals surface area contributed by atoms with Gasteiger partial charge in [-0.1, -0.05) is 6.07 Å². The lowest BCUT2D eigenvalue weighted by molar-refractivity contribution is 1.14. The fourth-order valence-corrected chi connectivity index (χ4v) is 2.35. The van der Waals surface area contributed by atoms with E-state index in [0.29, 0.717) is 6.42 Å². The maximum atomic E-state index is 8.59. The lowest BCUT2D eigenvalue weighted by atomic mass is 10.2. The zero-order valence-electron chi connectivity index (χ0n) is 8.27. The molecule has 0 aliphatic heterocycles. The number of thiazole rings is 1. The van der Waals surface area contributed by atoms with E-state index >= 15 is 0 Å². The van der Waals surface area contributed by atoms with Gasteiger partial charge in [0, 0.05) is 18.0 Å². The summed E-state index contributed by atoms with van der Waals surface area (Å²) in [5, 5.41) is 9.46. The molecule has 0 unspecified atom stereocenters. The Bertz CT molecular complexity index is 496. The van der Waals surface area contributed by atoms with Gasteiger partial charge in [0.05, 0.1) is 23.1 Å². The molecule has 0 atom stereocenters. The van der Waals surface area contributed by atoms with Crippen molar-refractivity contribution in [1.82, 2.24) is 9.97 Å². The molecule has 0 spiro atoms. The molecule has 4 heteroatoms. The second kappa shape index (κ2) is 4.20. The molecule has 0 aliphatic carbocycles. The van der Waals surface area contributed by atoms with E-state index in [2.05, 4.69) is 16.0 Å². The van der Waals surface area contributed by atoms with Gasteiger partial charge >= 0.3 is 0 Å². The Labute approximate surface area is 92.1 Å². The molecule has 2 aromatic rings. The minimum atomic E-state index is 0.381. The standard InChI is InChI=1S/C11H9N3S/c1-8-11(9-3-2-6-13-7-9)15-10(14-8)4-5-12/h2-3,6-7H,4H2,1H3. The topological polar surface area (TPSA) is 49.6 Å². The lowest BCUT2D eigenvalue weighted by Gasteiger charge is -1.95. The van der Waals surface area contributed by atoms with Crippen LogP contribution >= 0.6 is 11.3 Å². The summed E-state index contributed by atoms with van der Waals surface area (Å²) in [7, 11) is 0. The Morgan fingerprint density at radius 3 is 3.07 bits per heavy atom. The predicted molar refractivity (Wildman–Crippen MR) is 59.4 cm³/mol. The van der Waals surface area contributed by atoms with Crippen molar-refractivity contribution in [2.75, 3.05) is 0 Å². The Hall–Kier alpha value is -1.73. The van der Waals surface area contributed by atoms with Crippen LogP contribution in [0.15, 0.2) is 24.5 Å². The monoisotopic (exact) mass is 215 g/mol. The summed E-state index contributed by atoms with van der Waals surface area (Å²) >= 11 is 1.56. The predicted octanol–water partition coefficient (Wildman–Crippen LogP) is 2.58. The van der Waals surface area contributed by atoms with Crippen LogP contribution < -0.4 is 0 Å². The van der Waals surface area contributed by atoms with E-state index in [9.17, 15) is 0 Å². The maximum absolute atomic E-state index is 8.59. The highest BCUT2D eigenvalue weighted by molar-refractivity contribution is 7.15. The van der Waals surface area contributed by atoms with Gasteiger partial charge in [0.25, 0.3) is 0 Å². The van der Waals surface area contributed by atoms with Crippen LogP contribution in [-0.2, 0) is 6.42 Å². The largest absolute Gasteiger partial charge is 0.264 e. The summed E-state index contributed by atoms with van der Waals surface area (Å²) in [6.07, 6.45) is 3.94. The van der Waals surface area contributed by atoms with Crippen molar-refractivity contribution < 1.29 is 0 Å². The van der Waals surface area contributed by atoms with Crippen molar-refractivity contribution in [3.8, 4) is 16.5 Å². The van der Waals surface area contributed by atoms with Crippen LogP contribution in [0.3, 0.4) is 0 Å². The molecule has 2 heterocycles. The zero-order chi connectivity index (χ0) is 10.7. The summed E-state index contributed by atoms with van der Waals surface area (Å²) in [6.45, 7) is 1.96. The fraction of sp³-hybridized carbons (Fsp3) is 0.182. The highest BCUT2D eigenvalue weighted by Crippen LogP contribution is 2.29. The summed E-state index contributed by atoms with van der Waals surface area (Å²) in [5.41, 5.74) is 2.04. The average molecular weight is 215 g/mol. The molecule has 0 N–H and O–H groups in total. The van der Waals surface area contributed by atoms with Crippen LogP contribution in [0.25, 0.3) is 10.4 Å². The first-order chi connectivity index (χ1) is 7.31. The van der Waals surface area contributed by atoms with Crippen LogP contribution in [-0.4, -0.2) is 9.97 Å². The molecule has 3 nitrogen and oxygen atoms in total. The number of nitrogens with zero attached hydrogens (tertiary/aromatic N) is 3. The van der Waals surface area contributed by atoms with E-state index in [1.54, 1.807) is 17.5 Å². The van der Waals surface area contributed by atoms with Crippen LogP contribution in [0.5, 0.6) is 0 Å². The van der Waals surface area contributed by atoms with E-state index < -0.39 is 0 Å². The van der Waals surface area contributed by atoms with Gasteiger partial charge < -0.3 is 0 Å². The Balaban J connectivity index is 2.42. The maximum Gasteiger partial charge on any atom is 0.108 e.